The van der Waals surface area contributed by atoms with Crippen LogP contribution >= 0.6 is 0 Å². The van der Waals surface area contributed by atoms with E-state index in [-0.39, 0.29) is 23.4 Å². The lowest BCUT2D eigenvalue weighted by Crippen LogP contribution is -2.24. The minimum Gasteiger partial charge on any atom is -0.477 e. The summed E-state index contributed by atoms with van der Waals surface area (Å²) >= 11 is 0. The first-order chi connectivity index (χ1) is 15.4. The van der Waals surface area contributed by atoms with Crippen molar-refractivity contribution in [1.29, 1.82) is 0 Å². The predicted octanol–water partition coefficient (Wildman–Crippen LogP) is 2.17. The summed E-state index contributed by atoms with van der Waals surface area (Å²) in [4.78, 5) is 29.3. The van der Waals surface area contributed by atoms with E-state index in [9.17, 15) is 13.2 Å². The highest BCUT2D eigenvalue weighted by atomic mass is 32.2. The largest absolute Gasteiger partial charge is 0.477 e. The van der Waals surface area contributed by atoms with Crippen LogP contribution in [0.2, 0.25) is 0 Å². The van der Waals surface area contributed by atoms with E-state index in [2.05, 4.69) is 30.0 Å². The van der Waals surface area contributed by atoms with Crippen molar-refractivity contribution in [2.24, 2.45) is 0 Å². The normalized spacial score (nSPS) is 13.4. The number of carbonyl (C=O) groups is 1. The van der Waals surface area contributed by atoms with Gasteiger partial charge < -0.3 is 10.1 Å². The molecule has 0 aromatic carbocycles. The molecule has 1 aliphatic rings. The third kappa shape index (κ3) is 5.35. The van der Waals surface area contributed by atoms with Gasteiger partial charge in [-0.25, -0.2) is 13.4 Å². The van der Waals surface area contributed by atoms with Gasteiger partial charge in [0.2, 0.25) is 15.9 Å². The first-order valence-corrected chi connectivity index (χ1v) is 11.7. The van der Waals surface area contributed by atoms with Gasteiger partial charge in [-0.05, 0) is 44.0 Å². The zero-order valence-corrected chi connectivity index (χ0v) is 18.2. The number of aromatic nitrogens is 4. The van der Waals surface area contributed by atoms with Crippen molar-refractivity contribution in [3.05, 3.63) is 60.4 Å². The first-order valence-electron chi connectivity index (χ1n) is 10.1. The number of ether oxygens (including phenoxy) is 1. The number of nitrogens with zero attached hydrogens (tertiary/aromatic N) is 4. The Labute approximate surface area is 185 Å². The second-order valence-corrected chi connectivity index (χ2v) is 9.13. The highest BCUT2D eigenvalue weighted by Crippen LogP contribution is 2.29. The van der Waals surface area contributed by atoms with Crippen LogP contribution in [0, 0.1) is 0 Å². The van der Waals surface area contributed by atoms with E-state index < -0.39 is 10.0 Å². The molecule has 1 aliphatic carbocycles. The number of anilines is 1. The predicted molar refractivity (Wildman–Crippen MR) is 117 cm³/mol. The van der Waals surface area contributed by atoms with Crippen molar-refractivity contribution in [3.8, 4) is 17.1 Å². The zero-order valence-electron chi connectivity index (χ0n) is 17.4. The summed E-state index contributed by atoms with van der Waals surface area (Å²) < 4.78 is 32.1. The SMILES string of the molecule is CCOc1cncc(-c2ccc(C(=O)NCc3cc(NS(=O)(=O)C4CC4)ccn3)nc2)n1. The summed E-state index contributed by atoms with van der Waals surface area (Å²) in [6, 6.07) is 6.50. The molecule has 1 fully saturated rings. The maximum absolute atomic E-state index is 12.5. The van der Waals surface area contributed by atoms with E-state index in [1.165, 1.54) is 12.4 Å². The maximum Gasteiger partial charge on any atom is 0.270 e. The maximum atomic E-state index is 12.5. The lowest BCUT2D eigenvalue weighted by molar-refractivity contribution is 0.0945. The van der Waals surface area contributed by atoms with Crippen molar-refractivity contribution in [2.45, 2.75) is 31.6 Å². The molecule has 10 nitrogen and oxygen atoms in total. The van der Waals surface area contributed by atoms with E-state index >= 15 is 0 Å². The van der Waals surface area contributed by atoms with Crippen LogP contribution in [0.1, 0.15) is 35.9 Å². The van der Waals surface area contributed by atoms with Crippen LogP contribution < -0.4 is 14.8 Å². The minimum atomic E-state index is -3.36. The smallest absolute Gasteiger partial charge is 0.270 e. The Balaban J connectivity index is 1.37. The standard InChI is InChI=1S/C21H22N6O4S/c1-2-31-20-13-22-12-19(26-20)14-3-6-18(24-10-14)21(28)25-11-16-9-15(7-8-23-16)27-32(29,30)17-4-5-17/h3,6-10,12-13,17H,2,4-5,11H2,1H3,(H,23,27)(H,25,28). The van der Waals surface area contributed by atoms with Gasteiger partial charge in [0.1, 0.15) is 5.69 Å². The van der Waals surface area contributed by atoms with Crippen LogP contribution in [0.25, 0.3) is 11.3 Å². The fraction of sp³-hybridized carbons (Fsp3) is 0.286. The van der Waals surface area contributed by atoms with Crippen molar-refractivity contribution < 1.29 is 17.9 Å². The van der Waals surface area contributed by atoms with Crippen LogP contribution in [-0.2, 0) is 16.6 Å². The van der Waals surface area contributed by atoms with Gasteiger partial charge in [-0.2, -0.15) is 0 Å². The molecule has 0 spiro atoms. The molecule has 3 aromatic rings. The minimum absolute atomic E-state index is 0.128. The number of pyridine rings is 2. The summed E-state index contributed by atoms with van der Waals surface area (Å²) in [6.45, 7) is 2.48. The highest BCUT2D eigenvalue weighted by molar-refractivity contribution is 7.93. The number of rotatable bonds is 9. The quantitative estimate of drug-likeness (QED) is 0.502. The third-order valence-electron chi connectivity index (χ3n) is 4.67. The topological polar surface area (TPSA) is 136 Å². The van der Waals surface area contributed by atoms with E-state index in [1.807, 2.05) is 6.92 Å². The van der Waals surface area contributed by atoms with Gasteiger partial charge in [-0.3, -0.25) is 24.5 Å². The molecule has 3 heterocycles. The highest BCUT2D eigenvalue weighted by Gasteiger charge is 2.35. The molecule has 0 atom stereocenters. The lowest BCUT2D eigenvalue weighted by Gasteiger charge is -2.09. The summed E-state index contributed by atoms with van der Waals surface area (Å²) in [5, 5.41) is 2.42. The molecule has 0 aliphatic heterocycles. The van der Waals surface area contributed by atoms with Crippen molar-refractivity contribution in [3.63, 3.8) is 0 Å². The summed E-state index contributed by atoms with van der Waals surface area (Å²) in [7, 11) is -3.36. The van der Waals surface area contributed by atoms with Gasteiger partial charge in [-0.1, -0.05) is 0 Å². The fourth-order valence-corrected chi connectivity index (χ4v) is 4.29. The summed E-state index contributed by atoms with van der Waals surface area (Å²) in [5.74, 6) is 0.0393. The molecule has 32 heavy (non-hydrogen) atoms. The number of hydrogen-bond donors (Lipinski definition) is 2. The summed E-state index contributed by atoms with van der Waals surface area (Å²) in [6.07, 6.45) is 7.52. The fourth-order valence-electron chi connectivity index (χ4n) is 2.91. The number of sulfonamides is 1. The van der Waals surface area contributed by atoms with Gasteiger partial charge in [0.05, 0.1) is 47.9 Å². The Kier molecular flexibility index (Phi) is 6.26. The molecular weight excluding hydrogens is 432 g/mol. The molecule has 0 bridgehead atoms. The van der Waals surface area contributed by atoms with Crippen LogP contribution in [0.3, 0.4) is 0 Å². The number of nitrogens with one attached hydrogen (secondary N) is 2. The monoisotopic (exact) mass is 454 g/mol. The van der Waals surface area contributed by atoms with E-state index in [1.54, 1.807) is 36.7 Å². The molecule has 4 rings (SSSR count). The second kappa shape index (κ2) is 9.27. The van der Waals surface area contributed by atoms with Crippen LogP contribution in [-0.4, -0.2) is 46.1 Å². The Morgan fingerprint density at radius 2 is 2.00 bits per heavy atom. The summed E-state index contributed by atoms with van der Waals surface area (Å²) in [5.41, 5.74) is 2.47. The molecule has 1 amide bonds. The van der Waals surface area contributed by atoms with Crippen molar-refractivity contribution >= 4 is 21.6 Å². The van der Waals surface area contributed by atoms with Gasteiger partial charge in [0.25, 0.3) is 5.91 Å². The van der Waals surface area contributed by atoms with Crippen LogP contribution in [0.4, 0.5) is 5.69 Å². The van der Waals surface area contributed by atoms with Crippen molar-refractivity contribution in [2.75, 3.05) is 11.3 Å². The zero-order chi connectivity index (χ0) is 22.6. The molecule has 0 unspecified atom stereocenters. The number of carbonyl (C=O) groups excluding carboxylic acids is 1. The van der Waals surface area contributed by atoms with Gasteiger partial charge in [-0.15, -0.1) is 0 Å². The molecule has 1 saturated carbocycles. The molecule has 11 heteroatoms. The Bertz CT molecular complexity index is 1210. The average Bonchev–Trinajstić information content (AvgIpc) is 3.64. The molecule has 166 valence electrons. The molecule has 2 N–H and O–H groups in total. The van der Waals surface area contributed by atoms with Gasteiger partial charge >= 0.3 is 0 Å². The van der Waals surface area contributed by atoms with Crippen LogP contribution in [0.5, 0.6) is 5.88 Å². The lowest BCUT2D eigenvalue weighted by atomic mass is 10.2. The van der Waals surface area contributed by atoms with Gasteiger partial charge in [0, 0.05) is 18.0 Å². The molecule has 3 aromatic heterocycles. The number of hydrogen-bond acceptors (Lipinski definition) is 8. The Morgan fingerprint density at radius 3 is 2.72 bits per heavy atom. The molecule has 0 radical (unpaired) electrons. The number of amides is 1. The molecular formula is C21H22N6O4S. The van der Waals surface area contributed by atoms with E-state index in [0.717, 1.165) is 0 Å². The van der Waals surface area contributed by atoms with Gasteiger partial charge in [0.15, 0.2) is 0 Å². The Morgan fingerprint density at radius 1 is 1.16 bits per heavy atom. The van der Waals surface area contributed by atoms with E-state index in [4.69, 9.17) is 4.74 Å². The van der Waals surface area contributed by atoms with Crippen molar-refractivity contribution in [1.82, 2.24) is 25.3 Å². The second-order valence-electron chi connectivity index (χ2n) is 7.17. The van der Waals surface area contributed by atoms with Crippen LogP contribution in [0.15, 0.2) is 49.1 Å². The first kappa shape index (κ1) is 21.6. The average molecular weight is 455 g/mol. The Hall–Kier alpha value is -3.60. The van der Waals surface area contributed by atoms with E-state index in [0.29, 0.717) is 48.0 Å². The molecule has 0 saturated heterocycles. The third-order valence-corrected chi connectivity index (χ3v) is 6.54.